The van der Waals surface area contributed by atoms with Crippen molar-refractivity contribution in [2.75, 3.05) is 0 Å². The number of amides is 1. The molecule has 0 spiro atoms. The fourth-order valence-electron chi connectivity index (χ4n) is 1.96. The van der Waals surface area contributed by atoms with Gasteiger partial charge in [0.15, 0.2) is 11.4 Å². The quantitative estimate of drug-likeness (QED) is 0.771. The van der Waals surface area contributed by atoms with E-state index in [-0.39, 0.29) is 11.4 Å². The monoisotopic (exact) mass is 273 g/mol. The van der Waals surface area contributed by atoms with Gasteiger partial charge in [-0.25, -0.2) is 9.78 Å². The minimum atomic E-state index is -1.21. The van der Waals surface area contributed by atoms with Gasteiger partial charge in [-0.1, -0.05) is 31.2 Å². The summed E-state index contributed by atoms with van der Waals surface area (Å²) in [5.74, 6) is -1.71. The first kappa shape index (κ1) is 13.8. The van der Waals surface area contributed by atoms with Crippen LogP contribution >= 0.6 is 0 Å². The molecule has 0 saturated carbocycles. The molecule has 0 aliphatic heterocycles. The number of carboxylic acids is 1. The number of nitrogens with one attached hydrogen (secondary N) is 2. The van der Waals surface area contributed by atoms with Gasteiger partial charge < -0.3 is 15.4 Å². The van der Waals surface area contributed by atoms with Gasteiger partial charge in [-0.2, -0.15) is 0 Å². The van der Waals surface area contributed by atoms with Crippen LogP contribution in [0.25, 0.3) is 0 Å². The second-order valence-corrected chi connectivity index (χ2v) is 4.24. The Bertz CT molecular complexity index is 634. The van der Waals surface area contributed by atoms with E-state index in [1.165, 1.54) is 6.33 Å². The SMILES string of the molecule is CCc1ccccc1CNC(=O)c1nc[nH]c1C(=O)O. The summed E-state index contributed by atoms with van der Waals surface area (Å²) >= 11 is 0. The average molecular weight is 273 g/mol. The zero-order valence-electron chi connectivity index (χ0n) is 11.0. The molecule has 0 saturated heterocycles. The van der Waals surface area contributed by atoms with Gasteiger partial charge in [-0.05, 0) is 17.5 Å². The number of hydrogen-bond donors (Lipinski definition) is 3. The van der Waals surface area contributed by atoms with E-state index in [0.29, 0.717) is 6.54 Å². The number of rotatable bonds is 5. The fraction of sp³-hybridized carbons (Fsp3) is 0.214. The predicted molar refractivity (Wildman–Crippen MR) is 72.5 cm³/mol. The van der Waals surface area contributed by atoms with Crippen molar-refractivity contribution in [2.45, 2.75) is 19.9 Å². The number of aromatic carboxylic acids is 1. The van der Waals surface area contributed by atoms with Crippen molar-refractivity contribution in [3.63, 3.8) is 0 Å². The number of hydrogen-bond acceptors (Lipinski definition) is 3. The Morgan fingerprint density at radius 2 is 2.00 bits per heavy atom. The Kier molecular flexibility index (Phi) is 4.14. The van der Waals surface area contributed by atoms with Crippen LogP contribution in [0.15, 0.2) is 30.6 Å². The minimum Gasteiger partial charge on any atom is -0.477 e. The Morgan fingerprint density at radius 3 is 2.65 bits per heavy atom. The highest BCUT2D eigenvalue weighted by Gasteiger charge is 2.19. The molecule has 6 heteroatoms. The number of H-pyrrole nitrogens is 1. The normalized spacial score (nSPS) is 10.2. The molecule has 0 bridgehead atoms. The molecule has 0 fully saturated rings. The molecule has 0 atom stereocenters. The molecule has 104 valence electrons. The lowest BCUT2D eigenvalue weighted by atomic mass is 10.1. The van der Waals surface area contributed by atoms with E-state index in [9.17, 15) is 9.59 Å². The lowest BCUT2D eigenvalue weighted by Gasteiger charge is -2.08. The Hall–Kier alpha value is -2.63. The summed E-state index contributed by atoms with van der Waals surface area (Å²) in [7, 11) is 0. The first-order valence-electron chi connectivity index (χ1n) is 6.25. The van der Waals surface area contributed by atoms with Crippen molar-refractivity contribution in [2.24, 2.45) is 0 Å². The zero-order chi connectivity index (χ0) is 14.5. The first-order valence-corrected chi connectivity index (χ1v) is 6.25. The number of carbonyl (C=O) groups is 2. The van der Waals surface area contributed by atoms with Crippen LogP contribution in [0.3, 0.4) is 0 Å². The van der Waals surface area contributed by atoms with E-state index in [2.05, 4.69) is 15.3 Å². The van der Waals surface area contributed by atoms with Crippen LogP contribution in [-0.2, 0) is 13.0 Å². The molecule has 0 aliphatic carbocycles. The Balaban J connectivity index is 2.09. The molecule has 3 N–H and O–H groups in total. The lowest BCUT2D eigenvalue weighted by Crippen LogP contribution is -2.25. The van der Waals surface area contributed by atoms with Crippen molar-refractivity contribution in [3.05, 3.63) is 53.1 Å². The number of aryl methyl sites for hydroxylation is 1. The largest absolute Gasteiger partial charge is 0.477 e. The number of carbonyl (C=O) groups excluding carboxylic acids is 1. The van der Waals surface area contributed by atoms with Gasteiger partial charge in [0.1, 0.15) is 0 Å². The summed E-state index contributed by atoms with van der Waals surface area (Å²) in [6, 6.07) is 7.78. The molecule has 1 aromatic heterocycles. The number of nitrogens with zero attached hydrogens (tertiary/aromatic N) is 1. The van der Waals surface area contributed by atoms with E-state index >= 15 is 0 Å². The lowest BCUT2D eigenvalue weighted by molar-refractivity contribution is 0.0685. The molecular weight excluding hydrogens is 258 g/mol. The molecule has 1 amide bonds. The summed E-state index contributed by atoms with van der Waals surface area (Å²) in [4.78, 5) is 29.0. The number of aromatic amines is 1. The van der Waals surface area contributed by atoms with Gasteiger partial charge in [-0.15, -0.1) is 0 Å². The molecule has 2 rings (SSSR count). The molecule has 1 aromatic carbocycles. The summed E-state index contributed by atoms with van der Waals surface area (Å²) in [5.41, 5.74) is 1.85. The van der Waals surface area contributed by atoms with Crippen molar-refractivity contribution in [3.8, 4) is 0 Å². The van der Waals surface area contributed by atoms with Gasteiger partial charge in [-0.3, -0.25) is 4.79 Å². The smallest absolute Gasteiger partial charge is 0.354 e. The Morgan fingerprint density at radius 1 is 1.30 bits per heavy atom. The highest BCUT2D eigenvalue weighted by atomic mass is 16.4. The third-order valence-electron chi connectivity index (χ3n) is 3.01. The van der Waals surface area contributed by atoms with Crippen LogP contribution in [0.4, 0.5) is 0 Å². The summed E-state index contributed by atoms with van der Waals surface area (Å²) in [6.07, 6.45) is 2.06. The van der Waals surface area contributed by atoms with Gasteiger partial charge >= 0.3 is 5.97 Å². The zero-order valence-corrected chi connectivity index (χ0v) is 11.0. The maximum absolute atomic E-state index is 11.9. The van der Waals surface area contributed by atoms with E-state index in [0.717, 1.165) is 17.5 Å². The summed E-state index contributed by atoms with van der Waals surface area (Å²) in [6.45, 7) is 2.38. The topological polar surface area (TPSA) is 95.1 Å². The van der Waals surface area contributed by atoms with Crippen LogP contribution in [0.2, 0.25) is 0 Å². The van der Waals surface area contributed by atoms with Crippen LogP contribution < -0.4 is 5.32 Å². The predicted octanol–water partition coefficient (Wildman–Crippen LogP) is 1.60. The third-order valence-corrected chi connectivity index (χ3v) is 3.01. The van der Waals surface area contributed by atoms with E-state index in [1.807, 2.05) is 31.2 Å². The third kappa shape index (κ3) is 2.85. The first-order chi connectivity index (χ1) is 9.63. The maximum atomic E-state index is 11.9. The molecule has 0 unspecified atom stereocenters. The van der Waals surface area contributed by atoms with Crippen LogP contribution in [0, 0.1) is 0 Å². The number of carboxylic acid groups (broad SMARTS) is 1. The highest BCUT2D eigenvalue weighted by molar-refractivity contribution is 6.02. The van der Waals surface area contributed by atoms with Crippen LogP contribution in [0.1, 0.15) is 39.0 Å². The second kappa shape index (κ2) is 6.01. The summed E-state index contributed by atoms with van der Waals surface area (Å²) in [5, 5.41) is 11.6. The second-order valence-electron chi connectivity index (χ2n) is 4.24. The molecule has 6 nitrogen and oxygen atoms in total. The van der Waals surface area contributed by atoms with Gasteiger partial charge in [0.2, 0.25) is 0 Å². The summed E-state index contributed by atoms with van der Waals surface area (Å²) < 4.78 is 0. The van der Waals surface area contributed by atoms with Gasteiger partial charge in [0.25, 0.3) is 5.91 Å². The maximum Gasteiger partial charge on any atom is 0.354 e. The van der Waals surface area contributed by atoms with E-state index in [1.54, 1.807) is 0 Å². The van der Waals surface area contributed by atoms with E-state index < -0.39 is 11.9 Å². The molecule has 2 aromatic rings. The van der Waals surface area contributed by atoms with Crippen molar-refractivity contribution >= 4 is 11.9 Å². The van der Waals surface area contributed by atoms with Crippen molar-refractivity contribution in [1.82, 2.24) is 15.3 Å². The molecule has 20 heavy (non-hydrogen) atoms. The molecule has 0 aliphatic rings. The fourth-order valence-corrected chi connectivity index (χ4v) is 1.96. The van der Waals surface area contributed by atoms with Gasteiger partial charge in [0.05, 0.1) is 6.33 Å². The van der Waals surface area contributed by atoms with Crippen LogP contribution in [0.5, 0.6) is 0 Å². The van der Waals surface area contributed by atoms with Crippen molar-refractivity contribution < 1.29 is 14.7 Å². The Labute approximate surface area is 115 Å². The highest BCUT2D eigenvalue weighted by Crippen LogP contribution is 2.10. The molecular formula is C14H15N3O3. The average Bonchev–Trinajstić information content (AvgIpc) is 2.94. The minimum absolute atomic E-state index is 0.105. The number of aromatic nitrogens is 2. The number of imidazole rings is 1. The molecule has 0 radical (unpaired) electrons. The molecule has 1 heterocycles. The standard InChI is InChI=1S/C14H15N3O3/c1-2-9-5-3-4-6-10(9)7-15-13(18)11-12(14(19)20)17-8-16-11/h3-6,8H,2,7H2,1H3,(H,15,18)(H,16,17)(H,19,20). The van der Waals surface area contributed by atoms with Gasteiger partial charge in [0, 0.05) is 6.54 Å². The van der Waals surface area contributed by atoms with Crippen LogP contribution in [-0.4, -0.2) is 27.0 Å². The van der Waals surface area contributed by atoms with Crippen molar-refractivity contribution in [1.29, 1.82) is 0 Å². The van der Waals surface area contributed by atoms with E-state index in [4.69, 9.17) is 5.11 Å². The number of benzene rings is 1.